The molecule has 1 aliphatic rings. The number of carbonyl (C=O) groups excluding carboxylic acids is 2. The Morgan fingerprint density at radius 2 is 1.80 bits per heavy atom. The molecule has 3 aromatic rings. The summed E-state index contributed by atoms with van der Waals surface area (Å²) in [6.45, 7) is 1.99. The Balaban J connectivity index is 1.25. The monoisotopic (exact) mass is 406 g/mol. The molecule has 1 aromatic heterocycles. The predicted octanol–water partition coefficient (Wildman–Crippen LogP) is 2.47. The van der Waals surface area contributed by atoms with Crippen molar-refractivity contribution in [3.8, 4) is 22.9 Å². The van der Waals surface area contributed by atoms with E-state index in [1.807, 2.05) is 41.1 Å². The van der Waals surface area contributed by atoms with E-state index in [0.29, 0.717) is 49.9 Å². The number of imidazole rings is 1. The standard InChI is InChI=1S/C22H22N4O4/c27-21(22(28)25-17-7-8-18-19(15-17)30-14-13-29-18)24-9-4-11-26-12-10-23-20(26)16-5-2-1-3-6-16/h1-3,5-8,10,12,15H,4,9,11,13-14H2,(H,24,27)(H,25,28). The molecule has 30 heavy (non-hydrogen) atoms. The molecule has 0 fully saturated rings. The summed E-state index contributed by atoms with van der Waals surface area (Å²) in [7, 11) is 0. The van der Waals surface area contributed by atoms with Crippen molar-refractivity contribution in [2.24, 2.45) is 0 Å². The lowest BCUT2D eigenvalue weighted by Crippen LogP contribution is -2.36. The minimum Gasteiger partial charge on any atom is -0.486 e. The van der Waals surface area contributed by atoms with Crippen molar-refractivity contribution in [2.75, 3.05) is 25.1 Å². The van der Waals surface area contributed by atoms with Gasteiger partial charge in [-0.3, -0.25) is 9.59 Å². The first-order chi connectivity index (χ1) is 14.7. The number of hydrogen-bond acceptors (Lipinski definition) is 5. The van der Waals surface area contributed by atoms with Crippen LogP contribution in [-0.2, 0) is 16.1 Å². The average molecular weight is 406 g/mol. The van der Waals surface area contributed by atoms with Gasteiger partial charge in [-0.2, -0.15) is 0 Å². The largest absolute Gasteiger partial charge is 0.486 e. The maximum Gasteiger partial charge on any atom is 0.313 e. The van der Waals surface area contributed by atoms with E-state index in [4.69, 9.17) is 9.47 Å². The van der Waals surface area contributed by atoms with E-state index in [2.05, 4.69) is 15.6 Å². The fraction of sp³-hybridized carbons (Fsp3) is 0.227. The number of nitrogens with one attached hydrogen (secondary N) is 2. The molecule has 0 saturated carbocycles. The lowest BCUT2D eigenvalue weighted by Gasteiger charge is -2.18. The van der Waals surface area contributed by atoms with Gasteiger partial charge in [0.15, 0.2) is 11.5 Å². The number of rotatable bonds is 6. The first-order valence-electron chi connectivity index (χ1n) is 9.76. The van der Waals surface area contributed by atoms with Crippen LogP contribution in [0, 0.1) is 0 Å². The summed E-state index contributed by atoms with van der Waals surface area (Å²) in [5.41, 5.74) is 1.51. The van der Waals surface area contributed by atoms with Crippen LogP contribution in [0.25, 0.3) is 11.4 Å². The van der Waals surface area contributed by atoms with Gasteiger partial charge < -0.3 is 24.7 Å². The molecule has 0 saturated heterocycles. The highest BCUT2D eigenvalue weighted by atomic mass is 16.6. The lowest BCUT2D eigenvalue weighted by atomic mass is 10.2. The van der Waals surface area contributed by atoms with Crippen LogP contribution in [0.5, 0.6) is 11.5 Å². The van der Waals surface area contributed by atoms with Crippen LogP contribution in [-0.4, -0.2) is 41.1 Å². The molecule has 0 bridgehead atoms. The van der Waals surface area contributed by atoms with Crippen molar-refractivity contribution < 1.29 is 19.1 Å². The second kappa shape index (κ2) is 9.13. The molecule has 2 heterocycles. The van der Waals surface area contributed by atoms with Gasteiger partial charge >= 0.3 is 11.8 Å². The van der Waals surface area contributed by atoms with Crippen molar-refractivity contribution in [2.45, 2.75) is 13.0 Å². The zero-order valence-electron chi connectivity index (χ0n) is 16.3. The van der Waals surface area contributed by atoms with E-state index in [1.54, 1.807) is 24.4 Å². The van der Waals surface area contributed by atoms with Gasteiger partial charge in [-0.25, -0.2) is 4.98 Å². The summed E-state index contributed by atoms with van der Waals surface area (Å²) in [6, 6.07) is 14.9. The van der Waals surface area contributed by atoms with Crippen molar-refractivity contribution in [1.29, 1.82) is 0 Å². The third kappa shape index (κ3) is 4.60. The van der Waals surface area contributed by atoms with Gasteiger partial charge in [0.05, 0.1) is 0 Å². The van der Waals surface area contributed by atoms with Crippen LogP contribution in [0.4, 0.5) is 5.69 Å². The Morgan fingerprint density at radius 3 is 2.63 bits per heavy atom. The number of carbonyl (C=O) groups is 2. The smallest absolute Gasteiger partial charge is 0.313 e. The molecule has 8 nitrogen and oxygen atoms in total. The van der Waals surface area contributed by atoms with E-state index in [9.17, 15) is 9.59 Å². The molecule has 8 heteroatoms. The average Bonchev–Trinajstić information content (AvgIpc) is 3.25. The van der Waals surface area contributed by atoms with Crippen LogP contribution in [0.2, 0.25) is 0 Å². The van der Waals surface area contributed by atoms with Gasteiger partial charge in [-0.1, -0.05) is 30.3 Å². The van der Waals surface area contributed by atoms with E-state index < -0.39 is 11.8 Å². The summed E-state index contributed by atoms with van der Waals surface area (Å²) in [5, 5.41) is 5.22. The van der Waals surface area contributed by atoms with Crippen LogP contribution >= 0.6 is 0 Å². The summed E-state index contributed by atoms with van der Waals surface area (Å²) in [6.07, 6.45) is 4.32. The number of amides is 2. The molecule has 2 N–H and O–H groups in total. The second-order valence-corrected chi connectivity index (χ2v) is 6.73. The van der Waals surface area contributed by atoms with Crippen molar-refractivity contribution in [1.82, 2.24) is 14.9 Å². The Hall–Kier alpha value is -3.81. The number of fused-ring (bicyclic) bond motifs is 1. The number of aromatic nitrogens is 2. The fourth-order valence-corrected chi connectivity index (χ4v) is 3.18. The van der Waals surface area contributed by atoms with Crippen LogP contribution in [0.1, 0.15) is 6.42 Å². The predicted molar refractivity (Wildman–Crippen MR) is 111 cm³/mol. The topological polar surface area (TPSA) is 94.5 Å². The highest BCUT2D eigenvalue weighted by Gasteiger charge is 2.16. The first-order valence-corrected chi connectivity index (χ1v) is 9.76. The summed E-state index contributed by atoms with van der Waals surface area (Å²) in [4.78, 5) is 28.6. The Kier molecular flexibility index (Phi) is 5.93. The Bertz CT molecular complexity index is 1030. The van der Waals surface area contributed by atoms with Gasteiger partial charge in [0.25, 0.3) is 0 Å². The fourth-order valence-electron chi connectivity index (χ4n) is 3.18. The molecular weight excluding hydrogens is 384 g/mol. The molecular formula is C22H22N4O4. The lowest BCUT2D eigenvalue weighted by molar-refractivity contribution is -0.136. The van der Waals surface area contributed by atoms with Gasteiger partial charge in [-0.15, -0.1) is 0 Å². The van der Waals surface area contributed by atoms with E-state index in [0.717, 1.165) is 11.4 Å². The SMILES string of the molecule is O=C(NCCCn1ccnc1-c1ccccc1)C(=O)Nc1ccc2c(c1)OCCO2. The van der Waals surface area contributed by atoms with Gasteiger partial charge in [0, 0.05) is 42.8 Å². The molecule has 4 rings (SSSR count). The van der Waals surface area contributed by atoms with Crippen LogP contribution < -0.4 is 20.1 Å². The number of hydrogen-bond donors (Lipinski definition) is 2. The molecule has 2 amide bonds. The van der Waals surface area contributed by atoms with Crippen molar-refractivity contribution in [3.63, 3.8) is 0 Å². The number of ether oxygens (including phenoxy) is 2. The first kappa shape index (κ1) is 19.5. The number of anilines is 1. The highest BCUT2D eigenvalue weighted by Crippen LogP contribution is 2.32. The molecule has 154 valence electrons. The highest BCUT2D eigenvalue weighted by molar-refractivity contribution is 6.39. The maximum atomic E-state index is 12.1. The van der Waals surface area contributed by atoms with E-state index >= 15 is 0 Å². The minimum atomic E-state index is -0.723. The van der Waals surface area contributed by atoms with Gasteiger partial charge in [0.1, 0.15) is 19.0 Å². The van der Waals surface area contributed by atoms with Crippen LogP contribution in [0.15, 0.2) is 60.9 Å². The Morgan fingerprint density at radius 1 is 1.00 bits per heavy atom. The maximum absolute atomic E-state index is 12.1. The van der Waals surface area contributed by atoms with E-state index in [1.165, 1.54) is 0 Å². The third-order valence-electron chi connectivity index (χ3n) is 4.62. The molecule has 2 aromatic carbocycles. The summed E-state index contributed by atoms with van der Waals surface area (Å²) < 4.78 is 12.9. The summed E-state index contributed by atoms with van der Waals surface area (Å²) in [5.74, 6) is 0.642. The van der Waals surface area contributed by atoms with Crippen molar-refractivity contribution in [3.05, 3.63) is 60.9 Å². The number of benzene rings is 2. The van der Waals surface area contributed by atoms with Crippen molar-refractivity contribution >= 4 is 17.5 Å². The van der Waals surface area contributed by atoms with Gasteiger partial charge in [-0.05, 0) is 18.6 Å². The molecule has 0 radical (unpaired) electrons. The third-order valence-corrected chi connectivity index (χ3v) is 4.62. The summed E-state index contributed by atoms with van der Waals surface area (Å²) >= 11 is 0. The molecule has 0 spiro atoms. The zero-order valence-corrected chi connectivity index (χ0v) is 16.3. The number of aryl methyl sites for hydroxylation is 1. The molecule has 0 atom stereocenters. The molecule has 0 unspecified atom stereocenters. The van der Waals surface area contributed by atoms with Gasteiger partial charge in [0.2, 0.25) is 0 Å². The van der Waals surface area contributed by atoms with E-state index in [-0.39, 0.29) is 0 Å². The second-order valence-electron chi connectivity index (χ2n) is 6.73. The Labute approximate surface area is 173 Å². The minimum absolute atomic E-state index is 0.375. The zero-order chi connectivity index (χ0) is 20.8. The molecule has 1 aliphatic heterocycles. The normalized spacial score (nSPS) is 12.3. The van der Waals surface area contributed by atoms with Crippen LogP contribution in [0.3, 0.4) is 0 Å². The quantitative estimate of drug-likeness (QED) is 0.484. The number of nitrogens with zero attached hydrogens (tertiary/aromatic N) is 2. The molecule has 0 aliphatic carbocycles.